The lowest BCUT2D eigenvalue weighted by molar-refractivity contribution is -0.135. The van der Waals surface area contributed by atoms with Crippen LogP contribution < -0.4 is 20.1 Å². The molecule has 0 aliphatic heterocycles. The van der Waals surface area contributed by atoms with Gasteiger partial charge in [0.2, 0.25) is 5.91 Å². The number of rotatable bonds is 6. The molecular formula is C24H27N3O4S. The zero-order chi connectivity index (χ0) is 23.1. The second-order valence-electron chi connectivity index (χ2n) is 7.91. The summed E-state index contributed by atoms with van der Waals surface area (Å²) in [5.74, 6) is -0.404. The van der Waals surface area contributed by atoms with Crippen LogP contribution in [-0.2, 0) is 20.9 Å². The molecule has 2 unspecified atom stereocenters. The highest BCUT2D eigenvalue weighted by Crippen LogP contribution is 2.23. The number of nitrogens with zero attached hydrogens (tertiary/aromatic N) is 2. The summed E-state index contributed by atoms with van der Waals surface area (Å²) in [4.78, 5) is 37.9. The fourth-order valence-electron chi connectivity index (χ4n) is 3.81. The molecule has 1 aromatic heterocycles. The van der Waals surface area contributed by atoms with Crippen LogP contribution in [0.25, 0.3) is 12.2 Å². The van der Waals surface area contributed by atoms with E-state index in [-0.39, 0.29) is 30.7 Å². The number of aromatic nitrogens is 1. The molecule has 8 heteroatoms. The van der Waals surface area contributed by atoms with Crippen molar-refractivity contribution >= 4 is 35.4 Å². The second-order valence-corrected chi connectivity index (χ2v) is 8.97. The molecule has 32 heavy (non-hydrogen) atoms. The molecule has 168 valence electrons. The van der Waals surface area contributed by atoms with E-state index in [0.29, 0.717) is 20.7 Å². The highest BCUT2D eigenvalue weighted by atomic mass is 32.1. The summed E-state index contributed by atoms with van der Waals surface area (Å²) >= 11 is 1.13. The summed E-state index contributed by atoms with van der Waals surface area (Å²) in [6.45, 7) is 3.89. The lowest BCUT2D eigenvalue weighted by Crippen LogP contribution is -2.45. The van der Waals surface area contributed by atoms with Gasteiger partial charge in [0.05, 0.1) is 28.8 Å². The quantitative estimate of drug-likeness (QED) is 0.670. The van der Waals surface area contributed by atoms with Crippen LogP contribution in [0.2, 0.25) is 0 Å². The third-order valence-corrected chi connectivity index (χ3v) is 6.62. The van der Waals surface area contributed by atoms with Gasteiger partial charge in [-0.1, -0.05) is 31.9 Å². The van der Waals surface area contributed by atoms with Crippen molar-refractivity contribution in [2.75, 3.05) is 6.61 Å². The molecule has 1 aliphatic rings. The summed E-state index contributed by atoms with van der Waals surface area (Å²) < 4.78 is 7.06. The molecule has 0 saturated heterocycles. The normalized spacial score (nSPS) is 19.4. The lowest BCUT2D eigenvalue weighted by Gasteiger charge is -2.29. The molecule has 0 bridgehead atoms. The number of hydrogen-bond acceptors (Lipinski definition) is 6. The topological polar surface area (TPSA) is 101 Å². The van der Waals surface area contributed by atoms with E-state index >= 15 is 0 Å². The number of amides is 1. The zero-order valence-electron chi connectivity index (χ0n) is 18.3. The molecule has 0 radical (unpaired) electrons. The molecule has 0 spiro atoms. The van der Waals surface area contributed by atoms with Gasteiger partial charge in [0.15, 0.2) is 0 Å². The zero-order valence-corrected chi connectivity index (χ0v) is 19.1. The summed E-state index contributed by atoms with van der Waals surface area (Å²) in [5.41, 5.74) is 0.926. The fraction of sp³-hybridized carbons (Fsp3) is 0.417. The SMILES string of the molecule is CCOC(=O)/C=c1\s/c(=C/c2ccc(C#N)cc2)c(=O)n1CC(=O)NC1CCCCC1C. The number of carbonyl (C=O) groups is 2. The van der Waals surface area contributed by atoms with Crippen molar-refractivity contribution in [1.82, 2.24) is 9.88 Å². The Balaban J connectivity index is 1.94. The number of nitriles is 1. The average molecular weight is 454 g/mol. The molecule has 1 amide bonds. The Kier molecular flexibility index (Phi) is 8.01. The van der Waals surface area contributed by atoms with Crippen LogP contribution in [0, 0.1) is 17.2 Å². The van der Waals surface area contributed by atoms with Gasteiger partial charge in [-0.15, -0.1) is 11.3 Å². The molecule has 1 aromatic carbocycles. The van der Waals surface area contributed by atoms with E-state index in [9.17, 15) is 14.4 Å². The van der Waals surface area contributed by atoms with E-state index in [4.69, 9.17) is 10.00 Å². The van der Waals surface area contributed by atoms with Crippen LogP contribution >= 0.6 is 11.3 Å². The number of benzene rings is 1. The van der Waals surface area contributed by atoms with Gasteiger partial charge >= 0.3 is 5.97 Å². The van der Waals surface area contributed by atoms with Gasteiger partial charge in [-0.25, -0.2) is 4.79 Å². The van der Waals surface area contributed by atoms with Crippen molar-refractivity contribution in [2.24, 2.45) is 5.92 Å². The number of esters is 1. The molecule has 1 saturated carbocycles. The number of ether oxygens (including phenoxy) is 1. The Morgan fingerprint density at radius 3 is 2.66 bits per heavy atom. The Hall–Kier alpha value is -3.18. The van der Waals surface area contributed by atoms with E-state index in [2.05, 4.69) is 18.3 Å². The first-order chi connectivity index (χ1) is 15.4. The van der Waals surface area contributed by atoms with Crippen molar-refractivity contribution in [3.05, 3.63) is 54.9 Å². The minimum absolute atomic E-state index is 0.104. The number of carbonyl (C=O) groups excluding carboxylic acids is 2. The summed E-state index contributed by atoms with van der Waals surface area (Å²) in [7, 11) is 0. The van der Waals surface area contributed by atoms with Crippen LogP contribution in [0.1, 0.15) is 50.7 Å². The van der Waals surface area contributed by atoms with E-state index in [1.54, 1.807) is 37.3 Å². The van der Waals surface area contributed by atoms with Gasteiger partial charge in [0, 0.05) is 6.04 Å². The standard InChI is InChI=1S/C24H27N3O4S/c1-3-31-23(29)13-22-27(15-21(28)26-19-7-5-4-6-16(19)2)24(30)20(32-22)12-17-8-10-18(14-25)11-9-17/h8-13,16,19H,3-7,15H2,1-2H3,(H,26,28)/b20-12+,22-13-. The largest absolute Gasteiger partial charge is 0.463 e. The van der Waals surface area contributed by atoms with E-state index in [1.807, 2.05) is 0 Å². The first kappa shape index (κ1) is 23.5. The first-order valence-electron chi connectivity index (χ1n) is 10.8. The van der Waals surface area contributed by atoms with Crippen LogP contribution in [0.4, 0.5) is 0 Å². The molecule has 1 heterocycles. The summed E-state index contributed by atoms with van der Waals surface area (Å²) in [6.07, 6.45) is 7.21. The predicted octanol–water partition coefficient (Wildman–Crippen LogP) is 1.65. The van der Waals surface area contributed by atoms with Gasteiger partial charge < -0.3 is 10.1 Å². The van der Waals surface area contributed by atoms with E-state index < -0.39 is 5.97 Å². The first-order valence-corrected chi connectivity index (χ1v) is 11.6. The summed E-state index contributed by atoms with van der Waals surface area (Å²) in [5, 5.41) is 12.0. The average Bonchev–Trinajstić information content (AvgIpc) is 3.04. The van der Waals surface area contributed by atoms with Crippen molar-refractivity contribution in [3.8, 4) is 6.07 Å². The Labute approximate surface area is 190 Å². The van der Waals surface area contributed by atoms with Crippen LogP contribution in [0.5, 0.6) is 0 Å². The lowest BCUT2D eigenvalue weighted by atomic mass is 9.86. The maximum absolute atomic E-state index is 13.1. The molecule has 2 aromatic rings. The minimum atomic E-state index is -0.561. The maximum Gasteiger partial charge on any atom is 0.333 e. The predicted molar refractivity (Wildman–Crippen MR) is 123 cm³/mol. The Bertz CT molecular complexity index is 1190. The Morgan fingerprint density at radius 2 is 2.00 bits per heavy atom. The second kappa shape index (κ2) is 10.9. The molecule has 2 atom stereocenters. The third kappa shape index (κ3) is 5.95. The molecule has 1 N–H and O–H groups in total. The Morgan fingerprint density at radius 1 is 1.28 bits per heavy atom. The van der Waals surface area contributed by atoms with Gasteiger partial charge in [0.25, 0.3) is 5.56 Å². The van der Waals surface area contributed by atoms with Crippen LogP contribution in [0.15, 0.2) is 29.1 Å². The molecule has 1 fully saturated rings. The number of nitrogens with one attached hydrogen (secondary N) is 1. The fourth-order valence-corrected chi connectivity index (χ4v) is 4.84. The highest BCUT2D eigenvalue weighted by Gasteiger charge is 2.23. The molecule has 3 rings (SSSR count). The number of thiazole rings is 1. The van der Waals surface area contributed by atoms with Crippen molar-refractivity contribution in [2.45, 2.75) is 52.1 Å². The molecule has 1 aliphatic carbocycles. The van der Waals surface area contributed by atoms with Crippen LogP contribution in [-0.4, -0.2) is 29.1 Å². The van der Waals surface area contributed by atoms with Crippen LogP contribution in [0.3, 0.4) is 0 Å². The highest BCUT2D eigenvalue weighted by molar-refractivity contribution is 7.07. The van der Waals surface area contributed by atoms with Crippen molar-refractivity contribution in [1.29, 1.82) is 5.26 Å². The smallest absolute Gasteiger partial charge is 0.333 e. The van der Waals surface area contributed by atoms with Gasteiger partial charge in [0.1, 0.15) is 11.2 Å². The number of hydrogen-bond donors (Lipinski definition) is 1. The van der Waals surface area contributed by atoms with E-state index in [1.165, 1.54) is 17.1 Å². The van der Waals surface area contributed by atoms with Crippen molar-refractivity contribution < 1.29 is 14.3 Å². The molecular weight excluding hydrogens is 426 g/mol. The summed E-state index contributed by atoms with van der Waals surface area (Å²) in [6, 6.07) is 8.99. The minimum Gasteiger partial charge on any atom is -0.463 e. The van der Waals surface area contributed by atoms with E-state index in [0.717, 1.165) is 36.2 Å². The van der Waals surface area contributed by atoms with Gasteiger partial charge in [-0.2, -0.15) is 5.26 Å². The van der Waals surface area contributed by atoms with Crippen molar-refractivity contribution in [3.63, 3.8) is 0 Å². The third-order valence-electron chi connectivity index (χ3n) is 5.56. The monoisotopic (exact) mass is 453 g/mol. The molecule has 7 nitrogen and oxygen atoms in total. The maximum atomic E-state index is 13.1. The van der Waals surface area contributed by atoms with Gasteiger partial charge in [-0.05, 0) is 49.5 Å². The van der Waals surface area contributed by atoms with Gasteiger partial charge in [-0.3, -0.25) is 14.2 Å².